The van der Waals surface area contributed by atoms with Gasteiger partial charge in [-0.3, -0.25) is 9.78 Å². The Balaban J connectivity index is 1.94. The summed E-state index contributed by atoms with van der Waals surface area (Å²) in [4.78, 5) is 20.9. The Bertz CT molecular complexity index is 695. The zero-order valence-electron chi connectivity index (χ0n) is 13.8. The summed E-state index contributed by atoms with van der Waals surface area (Å²) in [6.07, 6.45) is 3.98. The van der Waals surface area contributed by atoms with Gasteiger partial charge in [0.15, 0.2) is 0 Å². The first-order chi connectivity index (χ1) is 11.2. The third-order valence-corrected chi connectivity index (χ3v) is 4.44. The molecule has 0 fully saturated rings. The lowest BCUT2D eigenvalue weighted by Gasteiger charge is -2.31. The molecule has 23 heavy (non-hydrogen) atoms. The lowest BCUT2D eigenvalue weighted by Crippen LogP contribution is -2.31. The minimum absolute atomic E-state index is 0.00199. The molecule has 0 radical (unpaired) electrons. The number of rotatable bonds is 4. The number of carbonyl (C=O) groups is 1. The van der Waals surface area contributed by atoms with Gasteiger partial charge in [-0.15, -0.1) is 0 Å². The van der Waals surface area contributed by atoms with Crippen LogP contribution >= 0.6 is 0 Å². The monoisotopic (exact) mass is 309 g/mol. The summed E-state index contributed by atoms with van der Waals surface area (Å²) >= 11 is 0. The van der Waals surface area contributed by atoms with Gasteiger partial charge < -0.3 is 9.80 Å². The summed E-state index contributed by atoms with van der Waals surface area (Å²) in [7, 11) is 0. The van der Waals surface area contributed by atoms with Crippen LogP contribution in [0.1, 0.15) is 36.3 Å². The van der Waals surface area contributed by atoms with E-state index < -0.39 is 0 Å². The van der Waals surface area contributed by atoms with Gasteiger partial charge in [0.25, 0.3) is 5.91 Å². The normalized spacial score (nSPS) is 13.6. The van der Waals surface area contributed by atoms with Crippen molar-refractivity contribution in [1.82, 2.24) is 9.88 Å². The predicted molar refractivity (Wildman–Crippen MR) is 93.3 cm³/mol. The number of benzene rings is 1. The van der Waals surface area contributed by atoms with E-state index in [9.17, 15) is 4.79 Å². The Morgan fingerprint density at radius 3 is 2.78 bits per heavy atom. The quantitative estimate of drug-likeness (QED) is 0.865. The number of hydrogen-bond acceptors (Lipinski definition) is 3. The topological polar surface area (TPSA) is 36.4 Å². The maximum absolute atomic E-state index is 12.5. The molecule has 0 saturated carbocycles. The molecule has 3 rings (SSSR count). The van der Waals surface area contributed by atoms with Gasteiger partial charge in [-0.25, -0.2) is 0 Å². The van der Waals surface area contributed by atoms with Crippen molar-refractivity contribution in [3.8, 4) is 0 Å². The average molecular weight is 309 g/mol. The van der Waals surface area contributed by atoms with Gasteiger partial charge in [-0.1, -0.05) is 18.2 Å². The lowest BCUT2D eigenvalue weighted by molar-refractivity contribution is 0.0767. The number of nitrogens with zero attached hydrogens (tertiary/aromatic N) is 3. The molecule has 4 nitrogen and oxygen atoms in total. The van der Waals surface area contributed by atoms with Crippen molar-refractivity contribution in [2.45, 2.75) is 26.7 Å². The number of fused-ring (bicyclic) bond motifs is 1. The molecule has 0 aliphatic carbocycles. The van der Waals surface area contributed by atoms with Gasteiger partial charge in [0, 0.05) is 37.2 Å². The molecular formula is C19H23N3O. The van der Waals surface area contributed by atoms with E-state index >= 15 is 0 Å². The minimum Gasteiger partial charge on any atom is -0.341 e. The van der Waals surface area contributed by atoms with Crippen LogP contribution in [0.5, 0.6) is 0 Å². The van der Waals surface area contributed by atoms with E-state index in [-0.39, 0.29) is 5.91 Å². The molecular weight excluding hydrogens is 286 g/mol. The zero-order chi connectivity index (χ0) is 16.2. The summed E-state index contributed by atoms with van der Waals surface area (Å²) in [5, 5.41) is 0. The fourth-order valence-electron chi connectivity index (χ4n) is 3.18. The molecule has 2 aromatic rings. The van der Waals surface area contributed by atoms with Crippen LogP contribution in [0.3, 0.4) is 0 Å². The lowest BCUT2D eigenvalue weighted by atomic mass is 10.0. The zero-order valence-corrected chi connectivity index (χ0v) is 13.8. The van der Waals surface area contributed by atoms with Gasteiger partial charge in [0.05, 0.1) is 0 Å². The van der Waals surface area contributed by atoms with Crippen molar-refractivity contribution in [2.75, 3.05) is 24.5 Å². The van der Waals surface area contributed by atoms with E-state index in [1.165, 1.54) is 11.3 Å². The van der Waals surface area contributed by atoms with E-state index in [1.807, 2.05) is 26.0 Å². The van der Waals surface area contributed by atoms with Crippen molar-refractivity contribution in [3.63, 3.8) is 0 Å². The molecule has 0 unspecified atom stereocenters. The first-order valence-corrected chi connectivity index (χ1v) is 8.35. The summed E-state index contributed by atoms with van der Waals surface area (Å²) in [5.74, 6) is 0.00199. The van der Waals surface area contributed by atoms with Crippen LogP contribution < -0.4 is 4.90 Å². The van der Waals surface area contributed by atoms with Gasteiger partial charge in [-0.2, -0.15) is 0 Å². The van der Waals surface area contributed by atoms with Crippen molar-refractivity contribution >= 4 is 17.3 Å². The molecule has 4 heteroatoms. The largest absolute Gasteiger partial charge is 0.341 e. The molecule has 0 N–H and O–H groups in total. The third-order valence-electron chi connectivity index (χ3n) is 4.44. The molecule has 0 saturated heterocycles. The predicted octanol–water partition coefficient (Wildman–Crippen LogP) is 3.65. The fourth-order valence-corrected chi connectivity index (χ4v) is 3.18. The van der Waals surface area contributed by atoms with E-state index in [4.69, 9.17) is 0 Å². The highest BCUT2D eigenvalue weighted by atomic mass is 16.2. The maximum atomic E-state index is 12.5. The Labute approximate surface area is 137 Å². The van der Waals surface area contributed by atoms with Crippen LogP contribution in [0.4, 0.5) is 11.4 Å². The van der Waals surface area contributed by atoms with E-state index in [0.29, 0.717) is 18.8 Å². The van der Waals surface area contributed by atoms with E-state index in [1.54, 1.807) is 11.1 Å². The maximum Gasteiger partial charge on any atom is 0.272 e. The van der Waals surface area contributed by atoms with Gasteiger partial charge in [0.2, 0.25) is 0 Å². The van der Waals surface area contributed by atoms with Crippen LogP contribution in [0.2, 0.25) is 0 Å². The van der Waals surface area contributed by atoms with Crippen LogP contribution in [0.25, 0.3) is 0 Å². The smallest absolute Gasteiger partial charge is 0.272 e. The van der Waals surface area contributed by atoms with Crippen LogP contribution in [0.15, 0.2) is 42.6 Å². The molecule has 1 aliphatic rings. The highest BCUT2D eigenvalue weighted by molar-refractivity contribution is 5.93. The number of hydrogen-bond donors (Lipinski definition) is 0. The summed E-state index contributed by atoms with van der Waals surface area (Å²) in [6.45, 7) is 6.36. The Morgan fingerprint density at radius 2 is 2.00 bits per heavy atom. The molecule has 2 heterocycles. The van der Waals surface area contributed by atoms with Gasteiger partial charge in [-0.05, 0) is 50.5 Å². The molecule has 1 amide bonds. The third kappa shape index (κ3) is 3.07. The number of pyridine rings is 1. The number of para-hydroxylation sites is 1. The number of amides is 1. The van der Waals surface area contributed by atoms with Crippen LogP contribution in [-0.4, -0.2) is 35.4 Å². The second kappa shape index (κ2) is 6.82. The highest BCUT2D eigenvalue weighted by Gasteiger charge is 2.20. The Kier molecular flexibility index (Phi) is 4.60. The minimum atomic E-state index is 0.00199. The summed E-state index contributed by atoms with van der Waals surface area (Å²) in [5.41, 5.74) is 4.18. The number of anilines is 2. The van der Waals surface area contributed by atoms with Crippen LogP contribution in [-0.2, 0) is 6.42 Å². The molecule has 1 aromatic carbocycles. The van der Waals surface area contributed by atoms with Gasteiger partial charge in [0.1, 0.15) is 5.69 Å². The number of aryl methyl sites for hydroxylation is 1. The molecule has 0 bridgehead atoms. The first-order valence-electron chi connectivity index (χ1n) is 8.35. The standard InChI is InChI=1S/C19H23N3O/c1-3-21(4-2)19(23)17-14-16(11-12-20-17)22-13-7-9-15-8-5-6-10-18(15)22/h5-6,8,10-12,14H,3-4,7,9,13H2,1-2H3. The van der Waals surface area contributed by atoms with E-state index in [0.717, 1.165) is 25.1 Å². The fraction of sp³-hybridized carbons (Fsp3) is 0.368. The molecule has 120 valence electrons. The molecule has 0 atom stereocenters. The number of aromatic nitrogens is 1. The summed E-state index contributed by atoms with van der Waals surface area (Å²) in [6, 6.07) is 12.4. The second-order valence-electron chi connectivity index (χ2n) is 5.76. The van der Waals surface area contributed by atoms with Gasteiger partial charge >= 0.3 is 0 Å². The van der Waals surface area contributed by atoms with Crippen molar-refractivity contribution in [3.05, 3.63) is 53.9 Å². The van der Waals surface area contributed by atoms with Crippen molar-refractivity contribution in [2.24, 2.45) is 0 Å². The molecule has 0 spiro atoms. The second-order valence-corrected chi connectivity index (χ2v) is 5.76. The van der Waals surface area contributed by atoms with E-state index in [2.05, 4.69) is 34.1 Å². The average Bonchev–Trinajstić information content (AvgIpc) is 2.62. The Morgan fingerprint density at radius 1 is 1.22 bits per heavy atom. The van der Waals surface area contributed by atoms with Crippen molar-refractivity contribution in [1.29, 1.82) is 0 Å². The van der Waals surface area contributed by atoms with Crippen molar-refractivity contribution < 1.29 is 4.79 Å². The van der Waals surface area contributed by atoms with Crippen LogP contribution in [0, 0.1) is 0 Å². The highest BCUT2D eigenvalue weighted by Crippen LogP contribution is 2.33. The Hall–Kier alpha value is -2.36. The first kappa shape index (κ1) is 15.5. The summed E-state index contributed by atoms with van der Waals surface area (Å²) < 4.78 is 0. The molecule has 1 aromatic heterocycles. The molecule has 1 aliphatic heterocycles. The number of carbonyl (C=O) groups excluding carboxylic acids is 1. The SMILES string of the molecule is CCN(CC)C(=O)c1cc(N2CCCc3ccccc32)ccn1.